The Morgan fingerprint density at radius 2 is 2.08 bits per heavy atom. The summed E-state index contributed by atoms with van der Waals surface area (Å²) in [6.45, 7) is 2.30. The number of furan rings is 1. The molecule has 0 radical (unpaired) electrons. The van der Waals surface area contributed by atoms with Crippen LogP contribution in [0.3, 0.4) is 0 Å². The van der Waals surface area contributed by atoms with E-state index in [-0.39, 0.29) is 30.0 Å². The maximum absolute atomic E-state index is 12.4. The van der Waals surface area contributed by atoms with Gasteiger partial charge >= 0.3 is 0 Å². The van der Waals surface area contributed by atoms with Crippen LogP contribution in [0.25, 0.3) is 11.5 Å². The van der Waals surface area contributed by atoms with Crippen LogP contribution in [-0.2, 0) is 4.79 Å². The molecule has 3 heterocycles. The zero-order valence-electron chi connectivity index (χ0n) is 14.2. The fourth-order valence-electron chi connectivity index (χ4n) is 3.06. The van der Waals surface area contributed by atoms with Gasteiger partial charge in [0.25, 0.3) is 5.91 Å². The number of anilines is 1. The molecule has 0 spiro atoms. The topological polar surface area (TPSA) is 91.2 Å². The number of H-pyrrole nitrogens is 1. The summed E-state index contributed by atoms with van der Waals surface area (Å²) < 4.78 is 5.52. The molecule has 7 heteroatoms. The van der Waals surface area contributed by atoms with Crippen LogP contribution in [0.4, 0.5) is 5.69 Å². The van der Waals surface area contributed by atoms with Gasteiger partial charge in [-0.3, -0.25) is 14.7 Å². The molecule has 1 unspecified atom stereocenters. The largest absolute Gasteiger partial charge is 0.460 e. The van der Waals surface area contributed by atoms with Crippen molar-refractivity contribution in [1.29, 1.82) is 0 Å². The summed E-state index contributed by atoms with van der Waals surface area (Å²) in [6, 6.07) is 14.5. The van der Waals surface area contributed by atoms with Gasteiger partial charge in [-0.05, 0) is 31.2 Å². The first-order chi connectivity index (χ1) is 12.6. The Bertz CT molecular complexity index is 945. The summed E-state index contributed by atoms with van der Waals surface area (Å²) in [6.07, 6.45) is 0.273. The Labute approximate surface area is 150 Å². The quantitative estimate of drug-likeness (QED) is 0.756. The first kappa shape index (κ1) is 16.1. The fraction of sp³-hybridized carbons (Fsp3) is 0.211. The molecule has 4 rings (SSSR count). The fourth-order valence-corrected chi connectivity index (χ4v) is 3.06. The normalized spacial score (nSPS) is 16.9. The molecule has 2 aromatic heterocycles. The molecule has 3 aromatic rings. The molecule has 132 valence electrons. The van der Waals surface area contributed by atoms with Crippen molar-refractivity contribution in [2.24, 2.45) is 0 Å². The SMILES string of the molecule is Cc1ccc(-c2cc(C(=O)NC3CC(=O)N(c4ccccc4)C3)n[nH]2)o1. The number of rotatable bonds is 4. The number of benzene rings is 1. The minimum atomic E-state index is -0.316. The highest BCUT2D eigenvalue weighted by Crippen LogP contribution is 2.22. The number of hydrogen-bond acceptors (Lipinski definition) is 4. The number of carbonyl (C=O) groups excluding carboxylic acids is 2. The summed E-state index contributed by atoms with van der Waals surface area (Å²) in [4.78, 5) is 26.4. The van der Waals surface area contributed by atoms with Gasteiger partial charge in [-0.2, -0.15) is 5.10 Å². The van der Waals surface area contributed by atoms with Crippen LogP contribution in [0.1, 0.15) is 22.7 Å². The van der Waals surface area contributed by atoms with Gasteiger partial charge < -0.3 is 14.6 Å². The van der Waals surface area contributed by atoms with Crippen LogP contribution < -0.4 is 10.2 Å². The minimum Gasteiger partial charge on any atom is -0.460 e. The molecule has 1 fully saturated rings. The van der Waals surface area contributed by atoms with Crippen LogP contribution in [0, 0.1) is 6.92 Å². The number of aromatic nitrogens is 2. The van der Waals surface area contributed by atoms with E-state index in [1.807, 2.05) is 49.4 Å². The molecule has 0 aliphatic carbocycles. The predicted octanol–water partition coefficient (Wildman–Crippen LogP) is 2.51. The van der Waals surface area contributed by atoms with Gasteiger partial charge in [-0.1, -0.05) is 18.2 Å². The van der Waals surface area contributed by atoms with Crippen molar-refractivity contribution < 1.29 is 14.0 Å². The lowest BCUT2D eigenvalue weighted by Gasteiger charge is -2.16. The van der Waals surface area contributed by atoms with Crippen LogP contribution in [-0.4, -0.2) is 34.6 Å². The number of aryl methyl sites for hydroxylation is 1. The minimum absolute atomic E-state index is 0.00437. The number of aromatic amines is 1. The van der Waals surface area contributed by atoms with Crippen molar-refractivity contribution in [2.75, 3.05) is 11.4 Å². The summed E-state index contributed by atoms with van der Waals surface area (Å²) in [7, 11) is 0. The van der Waals surface area contributed by atoms with Gasteiger partial charge in [0.05, 0.1) is 6.04 Å². The molecule has 1 aliphatic heterocycles. The Hall–Kier alpha value is -3.35. The monoisotopic (exact) mass is 350 g/mol. The average Bonchev–Trinajstić information content (AvgIpc) is 3.35. The van der Waals surface area contributed by atoms with Crippen molar-refractivity contribution in [3.63, 3.8) is 0 Å². The van der Waals surface area contributed by atoms with Gasteiger partial charge in [-0.25, -0.2) is 0 Å². The summed E-state index contributed by atoms with van der Waals surface area (Å²) in [5.41, 5.74) is 1.74. The lowest BCUT2D eigenvalue weighted by molar-refractivity contribution is -0.117. The number of amides is 2. The van der Waals surface area contributed by atoms with Gasteiger partial charge in [0.1, 0.15) is 11.5 Å². The predicted molar refractivity (Wildman–Crippen MR) is 95.7 cm³/mol. The second-order valence-corrected chi connectivity index (χ2v) is 6.29. The Kier molecular flexibility index (Phi) is 4.04. The van der Waals surface area contributed by atoms with Crippen LogP contribution in [0.15, 0.2) is 52.9 Å². The molecule has 2 N–H and O–H groups in total. The Balaban J connectivity index is 1.43. The molecule has 2 amide bonds. The van der Waals surface area contributed by atoms with E-state index in [1.54, 1.807) is 11.0 Å². The molecule has 0 bridgehead atoms. The molecule has 1 saturated heterocycles. The van der Waals surface area contributed by atoms with E-state index in [9.17, 15) is 9.59 Å². The van der Waals surface area contributed by atoms with Gasteiger partial charge in [0, 0.05) is 24.7 Å². The highest BCUT2D eigenvalue weighted by Gasteiger charge is 2.32. The van der Waals surface area contributed by atoms with E-state index in [0.29, 0.717) is 18.0 Å². The van der Waals surface area contributed by atoms with E-state index >= 15 is 0 Å². The lowest BCUT2D eigenvalue weighted by Crippen LogP contribution is -2.37. The van der Waals surface area contributed by atoms with Gasteiger partial charge in [-0.15, -0.1) is 0 Å². The number of nitrogens with one attached hydrogen (secondary N) is 2. The van der Waals surface area contributed by atoms with Crippen molar-refractivity contribution in [3.05, 3.63) is 60.0 Å². The second-order valence-electron chi connectivity index (χ2n) is 6.29. The first-order valence-corrected chi connectivity index (χ1v) is 8.38. The zero-order chi connectivity index (χ0) is 18.1. The molecule has 1 atom stereocenters. The molecule has 0 saturated carbocycles. The molecule has 7 nitrogen and oxygen atoms in total. The van der Waals surface area contributed by atoms with Gasteiger partial charge in [0.2, 0.25) is 5.91 Å². The van der Waals surface area contributed by atoms with Crippen molar-refractivity contribution in [2.45, 2.75) is 19.4 Å². The third-order valence-corrected chi connectivity index (χ3v) is 4.34. The maximum Gasteiger partial charge on any atom is 0.272 e. The second kappa shape index (κ2) is 6.51. The lowest BCUT2D eigenvalue weighted by atomic mass is 10.2. The van der Waals surface area contributed by atoms with Crippen LogP contribution >= 0.6 is 0 Å². The standard InChI is InChI=1S/C19H18N4O3/c1-12-7-8-17(26-12)15-10-16(22-21-15)19(25)20-13-9-18(24)23(11-13)14-5-3-2-4-6-14/h2-8,10,13H,9,11H2,1H3,(H,20,25)(H,21,22). The Morgan fingerprint density at radius 3 is 2.81 bits per heavy atom. The third-order valence-electron chi connectivity index (χ3n) is 4.34. The highest BCUT2D eigenvalue weighted by atomic mass is 16.3. The van der Waals surface area contributed by atoms with Crippen molar-refractivity contribution in [3.8, 4) is 11.5 Å². The van der Waals surface area contributed by atoms with E-state index < -0.39 is 0 Å². The molecule has 1 aliphatic rings. The number of para-hydroxylation sites is 1. The van der Waals surface area contributed by atoms with Crippen molar-refractivity contribution >= 4 is 17.5 Å². The summed E-state index contributed by atoms with van der Waals surface area (Å²) >= 11 is 0. The van der Waals surface area contributed by atoms with E-state index in [1.165, 1.54) is 0 Å². The van der Waals surface area contributed by atoms with E-state index in [4.69, 9.17) is 4.42 Å². The van der Waals surface area contributed by atoms with Crippen LogP contribution in [0.2, 0.25) is 0 Å². The molecule has 26 heavy (non-hydrogen) atoms. The molecule has 1 aromatic carbocycles. The summed E-state index contributed by atoms with van der Waals surface area (Å²) in [5, 5.41) is 9.73. The first-order valence-electron chi connectivity index (χ1n) is 8.38. The smallest absolute Gasteiger partial charge is 0.272 e. The van der Waals surface area contributed by atoms with E-state index in [0.717, 1.165) is 11.4 Å². The Morgan fingerprint density at radius 1 is 1.27 bits per heavy atom. The average molecular weight is 350 g/mol. The van der Waals surface area contributed by atoms with Crippen LogP contribution in [0.5, 0.6) is 0 Å². The van der Waals surface area contributed by atoms with Gasteiger partial charge in [0.15, 0.2) is 11.5 Å². The van der Waals surface area contributed by atoms with E-state index in [2.05, 4.69) is 15.5 Å². The number of carbonyl (C=O) groups is 2. The van der Waals surface area contributed by atoms with Crippen molar-refractivity contribution in [1.82, 2.24) is 15.5 Å². The third kappa shape index (κ3) is 3.11. The number of nitrogens with zero attached hydrogens (tertiary/aromatic N) is 2. The molecular formula is C19H18N4O3. The highest BCUT2D eigenvalue weighted by molar-refractivity contribution is 5.98. The summed E-state index contributed by atoms with van der Waals surface area (Å²) in [5.74, 6) is 1.09. The number of hydrogen-bond donors (Lipinski definition) is 2. The molecular weight excluding hydrogens is 332 g/mol. The maximum atomic E-state index is 12.4. The zero-order valence-corrected chi connectivity index (χ0v) is 14.2.